The van der Waals surface area contributed by atoms with Crippen molar-refractivity contribution < 1.29 is 22.7 Å². The molecule has 1 aliphatic heterocycles. The van der Waals surface area contributed by atoms with Crippen LogP contribution in [0.15, 0.2) is 41.3 Å². The number of nitrogens with one attached hydrogen (secondary N) is 1. The highest BCUT2D eigenvalue weighted by Gasteiger charge is 2.21. The normalized spacial score (nSPS) is 14.3. The van der Waals surface area contributed by atoms with Gasteiger partial charge in [-0.05, 0) is 48.7 Å². The number of carbonyl (C=O) groups is 1. The van der Waals surface area contributed by atoms with Gasteiger partial charge in [0.25, 0.3) is 5.91 Å². The number of fused-ring (bicyclic) bond motifs is 1. The maximum absolute atomic E-state index is 12.7. The Hall–Kier alpha value is -2.58. The number of carbonyl (C=O) groups excluding carboxylic acids is 1. The minimum atomic E-state index is -3.81. The number of rotatable bonds is 7. The SMILES string of the molecule is COc1ccc(S(=O)(=O)NC(C)Cc2ccc3c(c2)CCO3)cc1C(N)=O. The van der Waals surface area contributed by atoms with Gasteiger partial charge in [-0.25, -0.2) is 13.1 Å². The highest BCUT2D eigenvalue weighted by Crippen LogP contribution is 2.26. The van der Waals surface area contributed by atoms with Crippen molar-refractivity contribution in [2.45, 2.75) is 30.7 Å². The lowest BCUT2D eigenvalue weighted by molar-refractivity contribution is 0.0997. The highest BCUT2D eigenvalue weighted by atomic mass is 32.2. The van der Waals surface area contributed by atoms with Crippen molar-refractivity contribution in [3.8, 4) is 11.5 Å². The summed E-state index contributed by atoms with van der Waals surface area (Å²) in [5, 5.41) is 0. The number of ether oxygens (including phenoxy) is 2. The Balaban J connectivity index is 1.75. The summed E-state index contributed by atoms with van der Waals surface area (Å²) in [4.78, 5) is 11.5. The standard InChI is InChI=1S/C19H22N2O5S/c1-12(9-13-3-5-17-14(10-13)7-8-26-17)21-27(23,24)15-4-6-18(25-2)16(11-15)19(20)22/h3-6,10-12,21H,7-9H2,1-2H3,(H2,20,22). The van der Waals surface area contributed by atoms with E-state index in [0.29, 0.717) is 13.0 Å². The molecule has 0 aromatic heterocycles. The Morgan fingerprint density at radius 3 is 2.78 bits per heavy atom. The molecule has 7 nitrogen and oxygen atoms in total. The topological polar surface area (TPSA) is 108 Å². The van der Waals surface area contributed by atoms with E-state index in [1.54, 1.807) is 6.92 Å². The Labute approximate surface area is 158 Å². The van der Waals surface area contributed by atoms with Crippen LogP contribution in [0, 0.1) is 0 Å². The lowest BCUT2D eigenvalue weighted by atomic mass is 10.0. The van der Waals surface area contributed by atoms with Gasteiger partial charge in [0.1, 0.15) is 11.5 Å². The van der Waals surface area contributed by atoms with Crippen LogP contribution in [0.25, 0.3) is 0 Å². The van der Waals surface area contributed by atoms with Gasteiger partial charge in [0.05, 0.1) is 24.2 Å². The van der Waals surface area contributed by atoms with Gasteiger partial charge in [-0.1, -0.05) is 12.1 Å². The molecule has 1 amide bonds. The van der Waals surface area contributed by atoms with Crippen LogP contribution in [0.2, 0.25) is 0 Å². The molecule has 27 heavy (non-hydrogen) atoms. The van der Waals surface area contributed by atoms with E-state index in [1.165, 1.54) is 25.3 Å². The van der Waals surface area contributed by atoms with E-state index in [9.17, 15) is 13.2 Å². The average Bonchev–Trinajstić information content (AvgIpc) is 3.08. The zero-order valence-corrected chi connectivity index (χ0v) is 16.0. The number of primary amides is 1. The van der Waals surface area contributed by atoms with Crippen molar-refractivity contribution in [3.05, 3.63) is 53.1 Å². The van der Waals surface area contributed by atoms with Gasteiger partial charge in [-0.3, -0.25) is 4.79 Å². The fraction of sp³-hybridized carbons (Fsp3) is 0.316. The molecule has 144 valence electrons. The van der Waals surface area contributed by atoms with E-state index < -0.39 is 15.9 Å². The van der Waals surface area contributed by atoms with Gasteiger partial charge in [0.15, 0.2) is 0 Å². The van der Waals surface area contributed by atoms with Crippen molar-refractivity contribution in [2.24, 2.45) is 5.73 Å². The van der Waals surface area contributed by atoms with Crippen LogP contribution < -0.4 is 19.9 Å². The molecule has 0 saturated heterocycles. The predicted octanol–water partition coefficient (Wildman–Crippen LogP) is 1.64. The number of hydrogen-bond acceptors (Lipinski definition) is 5. The monoisotopic (exact) mass is 390 g/mol. The van der Waals surface area contributed by atoms with Crippen LogP contribution >= 0.6 is 0 Å². The van der Waals surface area contributed by atoms with Crippen LogP contribution in [-0.2, 0) is 22.9 Å². The van der Waals surface area contributed by atoms with Crippen LogP contribution in [0.3, 0.4) is 0 Å². The van der Waals surface area contributed by atoms with Crippen molar-refractivity contribution in [3.63, 3.8) is 0 Å². The van der Waals surface area contributed by atoms with Gasteiger partial charge in [-0.15, -0.1) is 0 Å². The first-order valence-electron chi connectivity index (χ1n) is 8.55. The molecule has 1 heterocycles. The van der Waals surface area contributed by atoms with Gasteiger partial charge in [0, 0.05) is 12.5 Å². The van der Waals surface area contributed by atoms with E-state index in [-0.39, 0.29) is 22.3 Å². The first-order chi connectivity index (χ1) is 12.8. The van der Waals surface area contributed by atoms with Crippen molar-refractivity contribution in [1.82, 2.24) is 4.72 Å². The third-order valence-corrected chi connectivity index (χ3v) is 5.99. The molecule has 0 aliphatic carbocycles. The van der Waals surface area contributed by atoms with E-state index in [2.05, 4.69) is 4.72 Å². The minimum Gasteiger partial charge on any atom is -0.496 e. The Morgan fingerprint density at radius 2 is 2.07 bits per heavy atom. The Bertz CT molecular complexity index is 972. The molecule has 2 aromatic carbocycles. The largest absolute Gasteiger partial charge is 0.496 e. The molecule has 0 spiro atoms. The molecule has 2 aromatic rings. The summed E-state index contributed by atoms with van der Waals surface area (Å²) in [6.45, 7) is 2.47. The smallest absolute Gasteiger partial charge is 0.252 e. The molecule has 0 bridgehead atoms. The molecule has 1 unspecified atom stereocenters. The fourth-order valence-electron chi connectivity index (χ4n) is 3.14. The molecule has 0 saturated carbocycles. The number of nitrogens with two attached hydrogens (primary N) is 1. The second-order valence-electron chi connectivity index (χ2n) is 6.49. The average molecular weight is 390 g/mol. The number of sulfonamides is 1. The Kier molecular flexibility index (Phi) is 5.38. The van der Waals surface area contributed by atoms with Gasteiger partial charge in [0.2, 0.25) is 10.0 Å². The summed E-state index contributed by atoms with van der Waals surface area (Å²) in [6, 6.07) is 9.59. The summed E-state index contributed by atoms with van der Waals surface area (Å²) in [5.74, 6) is 0.372. The summed E-state index contributed by atoms with van der Waals surface area (Å²) >= 11 is 0. The molecular weight excluding hydrogens is 368 g/mol. The zero-order chi connectivity index (χ0) is 19.6. The van der Waals surface area contributed by atoms with Crippen molar-refractivity contribution in [2.75, 3.05) is 13.7 Å². The lowest BCUT2D eigenvalue weighted by Crippen LogP contribution is -2.34. The Morgan fingerprint density at radius 1 is 1.30 bits per heavy atom. The molecule has 1 atom stereocenters. The maximum Gasteiger partial charge on any atom is 0.252 e. The van der Waals surface area contributed by atoms with Crippen LogP contribution in [0.5, 0.6) is 11.5 Å². The van der Waals surface area contributed by atoms with Gasteiger partial charge in [-0.2, -0.15) is 0 Å². The molecule has 0 radical (unpaired) electrons. The van der Waals surface area contributed by atoms with E-state index in [0.717, 1.165) is 23.3 Å². The van der Waals surface area contributed by atoms with Crippen molar-refractivity contribution in [1.29, 1.82) is 0 Å². The molecule has 1 aliphatic rings. The van der Waals surface area contributed by atoms with E-state index in [4.69, 9.17) is 15.2 Å². The molecule has 3 N–H and O–H groups in total. The first kappa shape index (κ1) is 19.2. The zero-order valence-electron chi connectivity index (χ0n) is 15.2. The van der Waals surface area contributed by atoms with Gasteiger partial charge >= 0.3 is 0 Å². The summed E-state index contributed by atoms with van der Waals surface area (Å²) in [7, 11) is -2.42. The predicted molar refractivity (Wildman–Crippen MR) is 101 cm³/mol. The van der Waals surface area contributed by atoms with Crippen LogP contribution in [0.1, 0.15) is 28.4 Å². The molecule has 0 fully saturated rings. The quantitative estimate of drug-likeness (QED) is 0.747. The number of benzene rings is 2. The van der Waals surface area contributed by atoms with Crippen LogP contribution in [0.4, 0.5) is 0 Å². The second kappa shape index (κ2) is 7.58. The molecule has 3 rings (SSSR count). The number of methoxy groups -OCH3 is 1. The minimum absolute atomic E-state index is 0.0200. The van der Waals surface area contributed by atoms with E-state index in [1.807, 2.05) is 18.2 Å². The summed E-state index contributed by atoms with van der Waals surface area (Å²) < 4.78 is 38.5. The fourth-order valence-corrected chi connectivity index (χ4v) is 4.41. The first-order valence-corrected chi connectivity index (χ1v) is 10.0. The number of hydrogen-bond donors (Lipinski definition) is 2. The third kappa shape index (κ3) is 4.23. The lowest BCUT2D eigenvalue weighted by Gasteiger charge is -2.16. The number of amides is 1. The third-order valence-electron chi connectivity index (χ3n) is 4.40. The second-order valence-corrected chi connectivity index (χ2v) is 8.21. The maximum atomic E-state index is 12.7. The van der Waals surface area contributed by atoms with E-state index >= 15 is 0 Å². The van der Waals surface area contributed by atoms with Crippen LogP contribution in [-0.4, -0.2) is 34.1 Å². The van der Waals surface area contributed by atoms with Crippen molar-refractivity contribution >= 4 is 15.9 Å². The van der Waals surface area contributed by atoms with Gasteiger partial charge < -0.3 is 15.2 Å². The highest BCUT2D eigenvalue weighted by molar-refractivity contribution is 7.89. The summed E-state index contributed by atoms with van der Waals surface area (Å²) in [6.07, 6.45) is 1.40. The summed E-state index contributed by atoms with van der Waals surface area (Å²) in [5.41, 5.74) is 7.50. The molecule has 8 heteroatoms. The molecular formula is C19H22N2O5S.